The Hall–Kier alpha value is -3.26. The van der Waals surface area contributed by atoms with Crippen molar-refractivity contribution in [3.8, 4) is 17.2 Å². The predicted molar refractivity (Wildman–Crippen MR) is 139 cm³/mol. The lowest BCUT2D eigenvalue weighted by molar-refractivity contribution is -0.140. The fourth-order valence-electron chi connectivity index (χ4n) is 4.96. The van der Waals surface area contributed by atoms with Crippen LogP contribution in [0.1, 0.15) is 55.9 Å². The summed E-state index contributed by atoms with van der Waals surface area (Å²) >= 11 is 1.66. The number of carbonyl (C=O) groups is 2. The summed E-state index contributed by atoms with van der Waals surface area (Å²) < 4.78 is 22.3. The number of dihydropyridines is 1. The van der Waals surface area contributed by atoms with Crippen molar-refractivity contribution in [2.45, 2.75) is 45.4 Å². The Morgan fingerprint density at radius 1 is 1.11 bits per heavy atom. The number of Topliss-reactive ketones (excluding diaryl/α,β-unsaturated/α-hetero) is 1. The number of hydrogen-bond donors (Lipinski definition) is 1. The smallest absolute Gasteiger partial charge is 0.336 e. The van der Waals surface area contributed by atoms with Crippen LogP contribution in [0.5, 0.6) is 17.2 Å². The van der Waals surface area contributed by atoms with Crippen molar-refractivity contribution in [3.63, 3.8) is 0 Å². The molecule has 2 heterocycles. The fourth-order valence-corrected chi connectivity index (χ4v) is 5.79. The van der Waals surface area contributed by atoms with E-state index in [0.29, 0.717) is 52.5 Å². The lowest BCUT2D eigenvalue weighted by Crippen LogP contribution is -2.36. The summed E-state index contributed by atoms with van der Waals surface area (Å²) in [7, 11) is 4.63. The summed E-state index contributed by atoms with van der Waals surface area (Å²) in [6, 6.07) is 7.70. The number of carbonyl (C=O) groups excluding carboxylic acids is 2. The molecule has 192 valence electrons. The number of methoxy groups -OCH3 is 3. The highest BCUT2D eigenvalue weighted by atomic mass is 32.1. The molecule has 0 fully saturated rings. The van der Waals surface area contributed by atoms with Crippen LogP contribution in [0.3, 0.4) is 0 Å². The van der Waals surface area contributed by atoms with Gasteiger partial charge in [-0.2, -0.15) is 0 Å². The fraction of sp³-hybridized carbons (Fsp3) is 0.429. The third-order valence-corrected chi connectivity index (χ3v) is 7.60. The number of nitrogens with one attached hydrogen (secondary N) is 1. The quantitative estimate of drug-likeness (QED) is 0.479. The third kappa shape index (κ3) is 4.87. The molecule has 2 atom stereocenters. The van der Waals surface area contributed by atoms with Gasteiger partial charge in [0, 0.05) is 40.1 Å². The van der Waals surface area contributed by atoms with Crippen molar-refractivity contribution in [1.82, 2.24) is 5.32 Å². The number of rotatable bonds is 8. The highest BCUT2D eigenvalue weighted by molar-refractivity contribution is 7.10. The van der Waals surface area contributed by atoms with Gasteiger partial charge in [0.25, 0.3) is 0 Å². The minimum absolute atomic E-state index is 0.0163. The van der Waals surface area contributed by atoms with Gasteiger partial charge in [-0.3, -0.25) is 4.79 Å². The van der Waals surface area contributed by atoms with Crippen LogP contribution in [0, 0.1) is 5.92 Å². The molecule has 0 radical (unpaired) electrons. The maximum absolute atomic E-state index is 13.7. The monoisotopic (exact) mass is 511 g/mol. The highest BCUT2D eigenvalue weighted by Gasteiger charge is 2.42. The molecular formula is C28H33NO6S. The van der Waals surface area contributed by atoms with Crippen LogP contribution < -0.4 is 19.5 Å². The van der Waals surface area contributed by atoms with E-state index in [2.05, 4.69) is 11.4 Å². The summed E-state index contributed by atoms with van der Waals surface area (Å²) in [5, 5.41) is 5.43. The van der Waals surface area contributed by atoms with Gasteiger partial charge in [-0.05, 0) is 48.4 Å². The van der Waals surface area contributed by atoms with Crippen LogP contribution in [0.25, 0.3) is 0 Å². The van der Waals surface area contributed by atoms with Gasteiger partial charge in [-0.15, -0.1) is 11.3 Å². The Morgan fingerprint density at radius 2 is 1.81 bits per heavy atom. The minimum atomic E-state index is -0.619. The molecule has 0 saturated heterocycles. The zero-order chi connectivity index (χ0) is 26.0. The van der Waals surface area contributed by atoms with E-state index in [9.17, 15) is 9.59 Å². The molecule has 0 amide bonds. The topological polar surface area (TPSA) is 83.1 Å². The zero-order valence-electron chi connectivity index (χ0n) is 21.6. The summed E-state index contributed by atoms with van der Waals surface area (Å²) in [6.07, 6.45) is 1.07. The maximum atomic E-state index is 13.7. The van der Waals surface area contributed by atoms with Crippen molar-refractivity contribution >= 4 is 23.1 Å². The van der Waals surface area contributed by atoms with Gasteiger partial charge in [-0.25, -0.2) is 4.79 Å². The predicted octanol–water partition coefficient (Wildman–Crippen LogP) is 5.33. The molecule has 1 aromatic carbocycles. The van der Waals surface area contributed by atoms with E-state index in [0.717, 1.165) is 5.70 Å². The molecule has 1 aliphatic carbocycles. The van der Waals surface area contributed by atoms with E-state index in [1.165, 1.54) is 4.88 Å². The van der Waals surface area contributed by atoms with Gasteiger partial charge in [-0.1, -0.05) is 19.9 Å². The molecule has 1 aliphatic heterocycles. The minimum Gasteiger partial charge on any atom is -0.493 e. The molecule has 8 heteroatoms. The van der Waals surface area contributed by atoms with Crippen molar-refractivity contribution in [1.29, 1.82) is 0 Å². The van der Waals surface area contributed by atoms with Gasteiger partial charge in [0.2, 0.25) is 5.75 Å². The van der Waals surface area contributed by atoms with Crippen molar-refractivity contribution < 1.29 is 28.5 Å². The van der Waals surface area contributed by atoms with E-state index in [-0.39, 0.29) is 24.2 Å². The van der Waals surface area contributed by atoms with Crippen LogP contribution in [0.15, 0.2) is 52.2 Å². The van der Waals surface area contributed by atoms with Gasteiger partial charge < -0.3 is 24.3 Å². The second-order valence-electron chi connectivity index (χ2n) is 9.48. The van der Waals surface area contributed by atoms with Gasteiger partial charge in [0.15, 0.2) is 17.3 Å². The number of ketones is 1. The van der Waals surface area contributed by atoms with Crippen molar-refractivity contribution in [2.75, 3.05) is 27.9 Å². The number of hydrogen-bond acceptors (Lipinski definition) is 8. The molecule has 0 bridgehead atoms. The largest absolute Gasteiger partial charge is 0.493 e. The lowest BCUT2D eigenvalue weighted by atomic mass is 9.72. The van der Waals surface area contributed by atoms with Crippen LogP contribution in [-0.2, 0) is 14.3 Å². The first kappa shape index (κ1) is 25.8. The Bertz CT molecular complexity index is 1190. The molecule has 2 aliphatic rings. The molecular weight excluding hydrogens is 478 g/mol. The van der Waals surface area contributed by atoms with Crippen LogP contribution in [-0.4, -0.2) is 39.7 Å². The van der Waals surface area contributed by atoms with E-state index in [1.807, 2.05) is 44.4 Å². The third-order valence-electron chi connectivity index (χ3n) is 6.56. The Labute approximate surface area is 216 Å². The normalized spacial score (nSPS) is 19.7. The summed E-state index contributed by atoms with van der Waals surface area (Å²) in [6.45, 7) is 6.12. The highest BCUT2D eigenvalue weighted by Crippen LogP contribution is 2.49. The molecule has 0 unspecified atom stereocenters. The molecule has 4 rings (SSSR count). The first-order valence-electron chi connectivity index (χ1n) is 12.0. The molecule has 2 aromatic rings. The van der Waals surface area contributed by atoms with Gasteiger partial charge >= 0.3 is 5.97 Å². The maximum Gasteiger partial charge on any atom is 0.336 e. The van der Waals surface area contributed by atoms with Crippen LogP contribution >= 0.6 is 11.3 Å². The second kappa shape index (κ2) is 10.8. The Balaban J connectivity index is 1.86. The van der Waals surface area contributed by atoms with E-state index < -0.39 is 11.9 Å². The Kier molecular flexibility index (Phi) is 7.73. The van der Waals surface area contributed by atoms with Crippen molar-refractivity contribution in [2.24, 2.45) is 5.92 Å². The van der Waals surface area contributed by atoms with E-state index >= 15 is 0 Å². The lowest BCUT2D eigenvalue weighted by Gasteiger charge is -2.36. The van der Waals surface area contributed by atoms with Crippen molar-refractivity contribution in [3.05, 3.63) is 62.6 Å². The molecule has 1 aromatic heterocycles. The zero-order valence-corrected chi connectivity index (χ0v) is 22.4. The standard InChI is InChI=1S/C28H33NO6S/c1-15(2)14-35-28(31)24-16(3)29-19-10-17(23-8-7-9-36-23)11-20(30)26(19)25(24)18-12-21(32-4)27(34-6)22(13-18)33-5/h7-9,12-13,15,17,25,29H,10-11,14H2,1-6H3/t17-,25+/m1/s1. The molecule has 0 spiro atoms. The second-order valence-corrected chi connectivity index (χ2v) is 10.5. The molecule has 1 N–H and O–H groups in total. The van der Waals surface area contributed by atoms with Crippen LogP contribution in [0.4, 0.5) is 0 Å². The first-order valence-corrected chi connectivity index (χ1v) is 12.9. The summed E-state index contributed by atoms with van der Waals surface area (Å²) in [5.41, 5.74) is 3.25. The molecule has 7 nitrogen and oxygen atoms in total. The number of allylic oxidation sites excluding steroid dienone is 3. The van der Waals surface area contributed by atoms with Crippen LogP contribution in [0.2, 0.25) is 0 Å². The number of thiophene rings is 1. The van der Waals surface area contributed by atoms with Gasteiger partial charge in [0.1, 0.15) is 0 Å². The number of esters is 1. The summed E-state index contributed by atoms with van der Waals surface area (Å²) in [5.74, 6) is 0.611. The molecule has 0 saturated carbocycles. The number of ether oxygens (including phenoxy) is 4. The van der Waals surface area contributed by atoms with E-state index in [4.69, 9.17) is 18.9 Å². The first-order chi connectivity index (χ1) is 17.3. The van der Waals surface area contributed by atoms with Gasteiger partial charge in [0.05, 0.1) is 33.5 Å². The summed E-state index contributed by atoms with van der Waals surface area (Å²) in [4.78, 5) is 28.3. The van der Waals surface area contributed by atoms with E-state index in [1.54, 1.807) is 32.7 Å². The number of benzene rings is 1. The average molecular weight is 512 g/mol. The average Bonchev–Trinajstić information content (AvgIpc) is 3.40. The molecule has 36 heavy (non-hydrogen) atoms. The Morgan fingerprint density at radius 3 is 2.36 bits per heavy atom. The SMILES string of the molecule is COc1cc([C@H]2C(C(=O)OCC(C)C)=C(C)NC3=C2C(=O)C[C@H](c2cccs2)C3)cc(OC)c1OC.